The maximum Gasteiger partial charge on any atom is 0.155 e. The van der Waals surface area contributed by atoms with Crippen molar-refractivity contribution in [3.63, 3.8) is 0 Å². The standard InChI is InChI=1S/C51H42Si/c1-49-31-15-16-32-50(49,2)52(37-17-5-3-6-18-37,38-19-7-4-8-20-38)48-30-28-36(34-47(48)49)35-27-29-46-42(33-35)41-23-11-14-26-45(41)51(46)43-24-12-9-21-39(43)40-22-10-13-25-44(40)51/h3-14,17-30,33-34H,15-16,31-32H2,1-2H3. The number of rotatable bonds is 3. The van der Waals surface area contributed by atoms with Crippen molar-refractivity contribution < 1.29 is 0 Å². The van der Waals surface area contributed by atoms with Gasteiger partial charge in [-0.15, -0.1) is 0 Å². The molecule has 2 atom stereocenters. The Labute approximate surface area is 308 Å². The van der Waals surface area contributed by atoms with Crippen molar-refractivity contribution in [2.75, 3.05) is 0 Å². The Balaban J connectivity index is 1.14. The Kier molecular flexibility index (Phi) is 6.23. The van der Waals surface area contributed by atoms with Gasteiger partial charge in [0.25, 0.3) is 0 Å². The van der Waals surface area contributed by atoms with Gasteiger partial charge in [0.1, 0.15) is 0 Å². The second kappa shape index (κ2) is 10.7. The van der Waals surface area contributed by atoms with Crippen LogP contribution in [-0.4, -0.2) is 8.07 Å². The molecular weight excluding hydrogens is 641 g/mol. The van der Waals surface area contributed by atoms with Crippen LogP contribution in [-0.2, 0) is 10.8 Å². The number of hydrogen-bond donors (Lipinski definition) is 0. The molecule has 1 spiro atoms. The fraction of sp³-hybridized carbons (Fsp3) is 0.176. The zero-order chi connectivity index (χ0) is 34.7. The lowest BCUT2D eigenvalue weighted by Gasteiger charge is -2.54. The van der Waals surface area contributed by atoms with E-state index in [1.165, 1.54) is 81.3 Å². The Morgan fingerprint density at radius 3 is 1.46 bits per heavy atom. The van der Waals surface area contributed by atoms with Gasteiger partial charge in [-0.1, -0.05) is 190 Å². The quantitative estimate of drug-likeness (QED) is 0.163. The van der Waals surface area contributed by atoms with E-state index in [-0.39, 0.29) is 15.9 Å². The fourth-order valence-corrected chi connectivity index (χ4v) is 19.1. The monoisotopic (exact) mass is 682 g/mol. The minimum Gasteiger partial charge on any atom is -0.0624 e. The van der Waals surface area contributed by atoms with Crippen LogP contribution in [0.2, 0.25) is 5.04 Å². The molecule has 1 heteroatoms. The predicted octanol–water partition coefficient (Wildman–Crippen LogP) is 10.8. The van der Waals surface area contributed by atoms with E-state index in [1.54, 1.807) is 21.1 Å². The molecule has 0 amide bonds. The van der Waals surface area contributed by atoms with Crippen LogP contribution in [0.25, 0.3) is 33.4 Å². The van der Waals surface area contributed by atoms with Crippen molar-refractivity contribution in [2.24, 2.45) is 0 Å². The van der Waals surface area contributed by atoms with Crippen LogP contribution in [0, 0.1) is 0 Å². The minimum atomic E-state index is -2.44. The molecule has 2 unspecified atom stereocenters. The van der Waals surface area contributed by atoms with Crippen LogP contribution in [0.4, 0.5) is 0 Å². The first kappa shape index (κ1) is 30.4. The van der Waals surface area contributed by atoms with Gasteiger partial charge in [0.15, 0.2) is 8.07 Å². The molecule has 7 aromatic rings. The van der Waals surface area contributed by atoms with Crippen LogP contribution >= 0.6 is 0 Å². The highest BCUT2D eigenvalue weighted by Crippen LogP contribution is 2.66. The summed E-state index contributed by atoms with van der Waals surface area (Å²) >= 11 is 0. The summed E-state index contributed by atoms with van der Waals surface area (Å²) in [4.78, 5) is 0. The Morgan fingerprint density at radius 2 is 0.865 bits per heavy atom. The molecule has 1 aliphatic heterocycles. The van der Waals surface area contributed by atoms with E-state index in [4.69, 9.17) is 0 Å². The largest absolute Gasteiger partial charge is 0.155 e. The molecule has 4 aliphatic rings. The predicted molar refractivity (Wildman–Crippen MR) is 220 cm³/mol. The van der Waals surface area contributed by atoms with Crippen molar-refractivity contribution in [3.05, 3.63) is 198 Å². The molecule has 0 bridgehead atoms. The molecule has 3 aliphatic carbocycles. The van der Waals surface area contributed by atoms with Gasteiger partial charge in [-0.25, -0.2) is 0 Å². The van der Waals surface area contributed by atoms with Gasteiger partial charge in [0, 0.05) is 0 Å². The average molecular weight is 683 g/mol. The van der Waals surface area contributed by atoms with Gasteiger partial charge in [-0.3, -0.25) is 0 Å². The summed E-state index contributed by atoms with van der Waals surface area (Å²) < 4.78 is 0. The molecule has 0 N–H and O–H groups in total. The highest BCUT2D eigenvalue weighted by molar-refractivity contribution is 7.14. The summed E-state index contributed by atoms with van der Waals surface area (Å²) in [6.07, 6.45) is 5.11. The molecular formula is C51H42Si. The third-order valence-corrected chi connectivity index (χ3v) is 20.5. The Morgan fingerprint density at radius 1 is 0.404 bits per heavy atom. The molecule has 1 fully saturated rings. The highest BCUT2D eigenvalue weighted by atomic mass is 28.3. The smallest absolute Gasteiger partial charge is 0.0624 e. The summed E-state index contributed by atoms with van der Waals surface area (Å²) in [5, 5.41) is 4.90. The molecule has 7 aromatic carbocycles. The SMILES string of the molecule is CC12CCCCC1(C)[Si](c1ccccc1)(c1ccccc1)c1ccc(-c3ccc4c(c3)-c3ccccc3C43c4ccccc4-c4ccccc43)cc12. The lowest BCUT2D eigenvalue weighted by Crippen LogP contribution is -2.72. The average Bonchev–Trinajstić information content (AvgIpc) is 3.74. The van der Waals surface area contributed by atoms with Gasteiger partial charge in [-0.05, 0) is 106 Å². The number of hydrogen-bond acceptors (Lipinski definition) is 0. The van der Waals surface area contributed by atoms with E-state index in [0.29, 0.717) is 0 Å². The zero-order valence-electron chi connectivity index (χ0n) is 30.0. The number of fused-ring (bicyclic) bond motifs is 13. The first-order chi connectivity index (χ1) is 25.5. The van der Waals surface area contributed by atoms with E-state index in [9.17, 15) is 0 Å². The first-order valence-corrected chi connectivity index (χ1v) is 21.2. The van der Waals surface area contributed by atoms with Crippen molar-refractivity contribution in [3.8, 4) is 33.4 Å². The maximum absolute atomic E-state index is 2.68. The molecule has 0 nitrogen and oxygen atoms in total. The summed E-state index contributed by atoms with van der Waals surface area (Å²) in [5.74, 6) is 0. The normalized spacial score (nSPS) is 22.2. The molecule has 250 valence electrons. The summed E-state index contributed by atoms with van der Waals surface area (Å²) in [6, 6.07) is 65.8. The summed E-state index contributed by atoms with van der Waals surface area (Å²) in [5.41, 5.74) is 15.1. The van der Waals surface area contributed by atoms with Gasteiger partial charge >= 0.3 is 0 Å². The van der Waals surface area contributed by atoms with Crippen LogP contribution in [0.3, 0.4) is 0 Å². The molecule has 11 rings (SSSR count). The highest BCUT2D eigenvalue weighted by Gasteiger charge is 2.68. The first-order valence-electron chi connectivity index (χ1n) is 19.2. The van der Waals surface area contributed by atoms with Crippen molar-refractivity contribution in [1.82, 2.24) is 0 Å². The second-order valence-corrected chi connectivity index (χ2v) is 20.6. The summed E-state index contributed by atoms with van der Waals surface area (Å²) in [7, 11) is -2.44. The van der Waals surface area contributed by atoms with Gasteiger partial charge in [0.05, 0.1) is 5.41 Å². The van der Waals surface area contributed by atoms with Gasteiger partial charge < -0.3 is 0 Å². The van der Waals surface area contributed by atoms with Crippen molar-refractivity contribution >= 4 is 23.6 Å². The lowest BCUT2D eigenvalue weighted by molar-refractivity contribution is 0.241. The van der Waals surface area contributed by atoms with E-state index >= 15 is 0 Å². The van der Waals surface area contributed by atoms with E-state index in [2.05, 4.69) is 184 Å². The van der Waals surface area contributed by atoms with E-state index in [0.717, 1.165) is 0 Å². The Bertz CT molecular complexity index is 2480. The zero-order valence-corrected chi connectivity index (χ0v) is 31.0. The molecule has 0 radical (unpaired) electrons. The molecule has 1 heterocycles. The van der Waals surface area contributed by atoms with Crippen molar-refractivity contribution in [2.45, 2.75) is 55.4 Å². The van der Waals surface area contributed by atoms with Crippen LogP contribution in [0.15, 0.2) is 170 Å². The topological polar surface area (TPSA) is 0 Å². The van der Waals surface area contributed by atoms with Crippen LogP contribution < -0.4 is 15.6 Å². The maximum atomic E-state index is 2.68. The number of benzene rings is 7. The third kappa shape index (κ3) is 3.49. The molecule has 0 saturated heterocycles. The van der Waals surface area contributed by atoms with Crippen LogP contribution in [0.1, 0.15) is 67.3 Å². The Hall–Kier alpha value is -5.24. The van der Waals surface area contributed by atoms with Crippen LogP contribution in [0.5, 0.6) is 0 Å². The second-order valence-electron chi connectivity index (χ2n) is 16.3. The van der Waals surface area contributed by atoms with E-state index in [1.807, 2.05) is 0 Å². The van der Waals surface area contributed by atoms with Gasteiger partial charge in [-0.2, -0.15) is 0 Å². The lowest BCUT2D eigenvalue weighted by atomic mass is 9.64. The fourth-order valence-electron chi connectivity index (χ4n) is 12.1. The molecule has 1 saturated carbocycles. The van der Waals surface area contributed by atoms with E-state index < -0.39 is 8.07 Å². The molecule has 0 aromatic heterocycles. The van der Waals surface area contributed by atoms with Gasteiger partial charge in [0.2, 0.25) is 0 Å². The van der Waals surface area contributed by atoms with Crippen molar-refractivity contribution in [1.29, 1.82) is 0 Å². The minimum absolute atomic E-state index is 0.0964. The third-order valence-electron chi connectivity index (χ3n) is 14.4. The molecule has 52 heavy (non-hydrogen) atoms. The summed E-state index contributed by atoms with van der Waals surface area (Å²) in [6.45, 7) is 5.31.